The van der Waals surface area contributed by atoms with Gasteiger partial charge in [-0.15, -0.1) is 0 Å². The van der Waals surface area contributed by atoms with Gasteiger partial charge in [-0.2, -0.15) is 0 Å². The van der Waals surface area contributed by atoms with Crippen LogP contribution in [-0.2, 0) is 0 Å². The van der Waals surface area contributed by atoms with E-state index in [0.717, 1.165) is 23.4 Å². The second-order valence-corrected chi connectivity index (χ2v) is 5.06. The molecule has 1 aromatic carbocycles. The maximum absolute atomic E-state index is 12.5. The summed E-state index contributed by atoms with van der Waals surface area (Å²) in [6, 6.07) is 9.60. The summed E-state index contributed by atoms with van der Waals surface area (Å²) in [6.07, 6.45) is 3.49. The number of aromatic nitrogens is 1. The van der Waals surface area contributed by atoms with Crippen molar-refractivity contribution in [2.45, 2.75) is 26.8 Å². The number of carbonyl (C=O) groups excluding carboxylic acids is 1. The van der Waals surface area contributed by atoms with Gasteiger partial charge >= 0.3 is 0 Å². The molecule has 4 heteroatoms. The van der Waals surface area contributed by atoms with Crippen LogP contribution in [0.5, 0.6) is 0 Å². The molecule has 0 aliphatic carbocycles. The van der Waals surface area contributed by atoms with E-state index in [1.54, 1.807) is 12.4 Å². The standard InChI is InChI=1S/C17H21N3O/c1-4-19-16-8-7-12(2)10-15(16)17(21)20-13(3)14-6-5-9-18-11-14/h5-11,13,19H,4H2,1-3H3,(H,20,21). The van der Waals surface area contributed by atoms with Crippen molar-refractivity contribution in [2.24, 2.45) is 0 Å². The van der Waals surface area contributed by atoms with Gasteiger partial charge in [0, 0.05) is 24.6 Å². The second kappa shape index (κ2) is 6.88. The Kier molecular flexibility index (Phi) is 4.93. The van der Waals surface area contributed by atoms with Gasteiger partial charge in [0.15, 0.2) is 0 Å². The van der Waals surface area contributed by atoms with Gasteiger partial charge in [0.25, 0.3) is 5.91 Å². The molecule has 0 saturated carbocycles. The smallest absolute Gasteiger partial charge is 0.253 e. The van der Waals surface area contributed by atoms with E-state index < -0.39 is 0 Å². The summed E-state index contributed by atoms with van der Waals surface area (Å²) < 4.78 is 0. The summed E-state index contributed by atoms with van der Waals surface area (Å²) >= 11 is 0. The van der Waals surface area contributed by atoms with Crippen molar-refractivity contribution < 1.29 is 4.79 Å². The minimum Gasteiger partial charge on any atom is -0.385 e. The minimum atomic E-state index is -0.0822. The molecule has 1 atom stereocenters. The molecular weight excluding hydrogens is 262 g/mol. The van der Waals surface area contributed by atoms with Crippen molar-refractivity contribution in [2.75, 3.05) is 11.9 Å². The molecule has 1 heterocycles. The first kappa shape index (κ1) is 15.0. The zero-order valence-electron chi connectivity index (χ0n) is 12.7. The first-order valence-electron chi connectivity index (χ1n) is 7.17. The maximum Gasteiger partial charge on any atom is 0.253 e. The SMILES string of the molecule is CCNc1ccc(C)cc1C(=O)NC(C)c1cccnc1. The molecule has 21 heavy (non-hydrogen) atoms. The number of aryl methyl sites for hydroxylation is 1. The van der Waals surface area contributed by atoms with Crippen LogP contribution in [0.4, 0.5) is 5.69 Å². The number of hydrogen-bond acceptors (Lipinski definition) is 3. The summed E-state index contributed by atoms with van der Waals surface area (Å²) in [5.41, 5.74) is 3.59. The first-order chi connectivity index (χ1) is 10.1. The fourth-order valence-corrected chi connectivity index (χ4v) is 2.18. The van der Waals surface area contributed by atoms with Crippen molar-refractivity contribution in [3.8, 4) is 0 Å². The molecule has 0 bridgehead atoms. The second-order valence-electron chi connectivity index (χ2n) is 5.06. The monoisotopic (exact) mass is 283 g/mol. The van der Waals surface area contributed by atoms with Crippen LogP contribution >= 0.6 is 0 Å². The van der Waals surface area contributed by atoms with Crippen LogP contribution in [0.15, 0.2) is 42.7 Å². The van der Waals surface area contributed by atoms with E-state index in [4.69, 9.17) is 0 Å². The highest BCUT2D eigenvalue weighted by atomic mass is 16.1. The number of rotatable bonds is 5. The average Bonchev–Trinajstić information content (AvgIpc) is 2.50. The molecule has 0 aliphatic rings. The van der Waals surface area contributed by atoms with E-state index in [2.05, 4.69) is 15.6 Å². The van der Waals surface area contributed by atoms with Crippen molar-refractivity contribution >= 4 is 11.6 Å². The van der Waals surface area contributed by atoms with E-state index in [1.807, 2.05) is 51.1 Å². The maximum atomic E-state index is 12.5. The predicted octanol–water partition coefficient (Wildman–Crippen LogP) is 3.31. The largest absolute Gasteiger partial charge is 0.385 e. The van der Waals surface area contributed by atoms with E-state index in [-0.39, 0.29) is 11.9 Å². The number of benzene rings is 1. The molecule has 2 aromatic rings. The van der Waals surface area contributed by atoms with E-state index in [9.17, 15) is 4.79 Å². The third-order valence-corrected chi connectivity index (χ3v) is 3.32. The number of amides is 1. The molecule has 0 spiro atoms. The summed E-state index contributed by atoms with van der Waals surface area (Å²) in [6.45, 7) is 6.73. The molecule has 1 unspecified atom stereocenters. The Morgan fingerprint density at radius 1 is 1.33 bits per heavy atom. The fourth-order valence-electron chi connectivity index (χ4n) is 2.18. The topological polar surface area (TPSA) is 54.0 Å². The Labute approximate surface area is 125 Å². The highest BCUT2D eigenvalue weighted by molar-refractivity contribution is 6.00. The predicted molar refractivity (Wildman–Crippen MR) is 85.5 cm³/mol. The summed E-state index contributed by atoms with van der Waals surface area (Å²) in [5, 5.41) is 6.24. The molecule has 2 N–H and O–H groups in total. The van der Waals surface area contributed by atoms with Crippen LogP contribution in [0.2, 0.25) is 0 Å². The van der Waals surface area contributed by atoms with Crippen molar-refractivity contribution in [3.05, 3.63) is 59.4 Å². The Balaban J connectivity index is 2.18. The van der Waals surface area contributed by atoms with E-state index >= 15 is 0 Å². The van der Waals surface area contributed by atoms with Crippen LogP contribution in [-0.4, -0.2) is 17.4 Å². The molecule has 0 aliphatic heterocycles. The number of nitrogens with zero attached hydrogens (tertiary/aromatic N) is 1. The van der Waals surface area contributed by atoms with Crippen molar-refractivity contribution in [1.29, 1.82) is 0 Å². The molecule has 1 amide bonds. The molecule has 0 radical (unpaired) electrons. The zero-order valence-corrected chi connectivity index (χ0v) is 12.7. The number of hydrogen-bond donors (Lipinski definition) is 2. The van der Waals surface area contributed by atoms with Gasteiger partial charge < -0.3 is 10.6 Å². The van der Waals surface area contributed by atoms with Crippen molar-refractivity contribution in [3.63, 3.8) is 0 Å². The van der Waals surface area contributed by atoms with Crippen molar-refractivity contribution in [1.82, 2.24) is 10.3 Å². The van der Waals surface area contributed by atoms with Gasteiger partial charge in [-0.05, 0) is 44.5 Å². The molecule has 0 fully saturated rings. The lowest BCUT2D eigenvalue weighted by Crippen LogP contribution is -2.27. The lowest BCUT2D eigenvalue weighted by molar-refractivity contribution is 0.0940. The first-order valence-corrected chi connectivity index (χ1v) is 7.17. The number of pyridine rings is 1. The summed E-state index contributed by atoms with van der Waals surface area (Å²) in [7, 11) is 0. The molecule has 0 saturated heterocycles. The molecule has 2 rings (SSSR count). The fraction of sp³-hybridized carbons (Fsp3) is 0.294. The Morgan fingerprint density at radius 3 is 2.81 bits per heavy atom. The van der Waals surface area contributed by atoms with Gasteiger partial charge in [-0.3, -0.25) is 9.78 Å². The highest BCUT2D eigenvalue weighted by Gasteiger charge is 2.15. The molecular formula is C17H21N3O. The Bertz CT molecular complexity index is 611. The third-order valence-electron chi connectivity index (χ3n) is 3.32. The van der Waals surface area contributed by atoms with E-state index in [0.29, 0.717) is 5.56 Å². The third kappa shape index (κ3) is 3.81. The summed E-state index contributed by atoms with van der Waals surface area (Å²) in [4.78, 5) is 16.6. The van der Waals surface area contributed by atoms with Gasteiger partial charge in [-0.25, -0.2) is 0 Å². The highest BCUT2D eigenvalue weighted by Crippen LogP contribution is 2.19. The Morgan fingerprint density at radius 2 is 2.14 bits per heavy atom. The van der Waals surface area contributed by atoms with Gasteiger partial charge in [0.05, 0.1) is 11.6 Å². The van der Waals surface area contributed by atoms with Crippen LogP contribution in [0, 0.1) is 6.92 Å². The average molecular weight is 283 g/mol. The lowest BCUT2D eigenvalue weighted by atomic mass is 10.1. The lowest BCUT2D eigenvalue weighted by Gasteiger charge is -2.16. The van der Waals surface area contributed by atoms with Crippen LogP contribution in [0.1, 0.15) is 41.4 Å². The van der Waals surface area contributed by atoms with Crippen LogP contribution < -0.4 is 10.6 Å². The van der Waals surface area contributed by atoms with Crippen LogP contribution in [0.25, 0.3) is 0 Å². The van der Waals surface area contributed by atoms with Gasteiger partial charge in [0.2, 0.25) is 0 Å². The van der Waals surface area contributed by atoms with E-state index in [1.165, 1.54) is 0 Å². The van der Waals surface area contributed by atoms with Crippen LogP contribution in [0.3, 0.4) is 0 Å². The Hall–Kier alpha value is -2.36. The number of anilines is 1. The summed E-state index contributed by atoms with van der Waals surface area (Å²) in [5.74, 6) is -0.0778. The number of nitrogens with one attached hydrogen (secondary N) is 2. The molecule has 110 valence electrons. The normalized spacial score (nSPS) is 11.8. The number of carbonyl (C=O) groups is 1. The molecule has 1 aromatic heterocycles. The van der Waals surface area contributed by atoms with Gasteiger partial charge in [0.1, 0.15) is 0 Å². The minimum absolute atomic E-state index is 0.0778. The molecule has 4 nitrogen and oxygen atoms in total. The quantitative estimate of drug-likeness (QED) is 0.885. The zero-order chi connectivity index (χ0) is 15.2. The van der Waals surface area contributed by atoms with Gasteiger partial charge in [-0.1, -0.05) is 17.7 Å².